The van der Waals surface area contributed by atoms with Gasteiger partial charge in [-0.25, -0.2) is 0 Å². The first-order valence-electron chi connectivity index (χ1n) is 8.68. The van der Waals surface area contributed by atoms with Crippen LogP contribution in [0, 0.1) is 11.3 Å². The number of aromatic nitrogens is 4. The van der Waals surface area contributed by atoms with Crippen LogP contribution in [-0.4, -0.2) is 25.0 Å². The van der Waals surface area contributed by atoms with Gasteiger partial charge in [0.25, 0.3) is 0 Å². The summed E-state index contributed by atoms with van der Waals surface area (Å²) >= 11 is 1.74. The highest BCUT2D eigenvalue weighted by molar-refractivity contribution is 7.99. The highest BCUT2D eigenvalue weighted by atomic mass is 32.2. The average Bonchev–Trinajstić information content (AvgIpc) is 3.05. The molecule has 0 N–H and O–H groups in total. The summed E-state index contributed by atoms with van der Waals surface area (Å²) in [5, 5.41) is 19.1. The first-order chi connectivity index (χ1) is 11.8. The third-order valence-corrected chi connectivity index (χ3v) is 5.64. The Labute approximate surface area is 147 Å². The monoisotopic (exact) mass is 341 g/mol. The Balaban J connectivity index is 1.90. The van der Waals surface area contributed by atoms with Crippen LogP contribution in [0.15, 0.2) is 29.7 Å². The zero-order valence-electron chi connectivity index (χ0n) is 14.1. The molecular formula is C18H23N5S. The second-order valence-corrected chi connectivity index (χ2v) is 7.73. The number of hydrogen-bond donors (Lipinski definition) is 0. The Morgan fingerprint density at radius 3 is 2.71 bits per heavy atom. The quantitative estimate of drug-likeness (QED) is 0.717. The SMILES string of the molecule is C[C@@H](CCC#N)Sc1nnc(-c2ccncc2)n1C1CCCCC1. The topological polar surface area (TPSA) is 67.4 Å². The van der Waals surface area contributed by atoms with Gasteiger partial charge in [-0.05, 0) is 31.4 Å². The molecule has 2 heterocycles. The maximum absolute atomic E-state index is 8.79. The lowest BCUT2D eigenvalue weighted by atomic mass is 9.95. The summed E-state index contributed by atoms with van der Waals surface area (Å²) < 4.78 is 2.34. The van der Waals surface area contributed by atoms with Gasteiger partial charge in [-0.15, -0.1) is 10.2 Å². The van der Waals surface area contributed by atoms with E-state index >= 15 is 0 Å². The van der Waals surface area contributed by atoms with Gasteiger partial charge in [0.15, 0.2) is 11.0 Å². The van der Waals surface area contributed by atoms with Crippen molar-refractivity contribution in [1.29, 1.82) is 5.26 Å². The van der Waals surface area contributed by atoms with Crippen LogP contribution in [0.1, 0.15) is 57.9 Å². The van der Waals surface area contributed by atoms with Crippen molar-refractivity contribution >= 4 is 11.8 Å². The molecule has 24 heavy (non-hydrogen) atoms. The molecule has 1 aliphatic rings. The third kappa shape index (κ3) is 3.96. The summed E-state index contributed by atoms with van der Waals surface area (Å²) in [6.45, 7) is 2.16. The van der Waals surface area contributed by atoms with Gasteiger partial charge in [-0.2, -0.15) is 5.26 Å². The predicted molar refractivity (Wildman–Crippen MR) is 95.5 cm³/mol. The summed E-state index contributed by atoms with van der Waals surface area (Å²) in [5.74, 6) is 0.944. The van der Waals surface area contributed by atoms with Crippen molar-refractivity contribution in [3.8, 4) is 17.5 Å². The highest BCUT2D eigenvalue weighted by Gasteiger charge is 2.24. The zero-order valence-corrected chi connectivity index (χ0v) is 14.9. The van der Waals surface area contributed by atoms with Crippen LogP contribution in [0.2, 0.25) is 0 Å². The Kier molecular flexibility index (Phi) is 5.86. The van der Waals surface area contributed by atoms with Gasteiger partial charge in [0.2, 0.25) is 0 Å². The molecule has 0 amide bonds. The molecule has 0 spiro atoms. The lowest BCUT2D eigenvalue weighted by molar-refractivity contribution is 0.339. The lowest BCUT2D eigenvalue weighted by Gasteiger charge is -2.26. The molecule has 1 fully saturated rings. The van der Waals surface area contributed by atoms with Gasteiger partial charge in [0, 0.05) is 35.7 Å². The van der Waals surface area contributed by atoms with E-state index in [0.717, 1.165) is 23.0 Å². The molecule has 0 bridgehead atoms. The molecule has 2 aromatic heterocycles. The molecule has 1 saturated carbocycles. The van der Waals surface area contributed by atoms with E-state index in [1.165, 1.54) is 32.1 Å². The van der Waals surface area contributed by atoms with Crippen molar-refractivity contribution in [3.63, 3.8) is 0 Å². The highest BCUT2D eigenvalue weighted by Crippen LogP contribution is 2.36. The Hall–Kier alpha value is -1.87. The van der Waals surface area contributed by atoms with E-state index in [9.17, 15) is 0 Å². The summed E-state index contributed by atoms with van der Waals surface area (Å²) in [7, 11) is 0. The van der Waals surface area contributed by atoms with Crippen LogP contribution >= 0.6 is 11.8 Å². The molecule has 0 unspecified atom stereocenters. The van der Waals surface area contributed by atoms with E-state index in [1.807, 2.05) is 12.1 Å². The molecule has 1 atom stereocenters. The largest absolute Gasteiger partial charge is 0.299 e. The van der Waals surface area contributed by atoms with Crippen LogP contribution in [0.3, 0.4) is 0 Å². The standard InChI is InChI=1S/C18H23N5S/c1-14(6-5-11-19)24-18-22-21-17(15-9-12-20-13-10-15)23(18)16-7-3-2-4-8-16/h9-10,12-14,16H,2-8H2,1H3/t14-/m0/s1. The first-order valence-corrected chi connectivity index (χ1v) is 9.56. The van der Waals surface area contributed by atoms with Gasteiger partial charge < -0.3 is 0 Å². The van der Waals surface area contributed by atoms with Crippen molar-refractivity contribution in [2.24, 2.45) is 0 Å². The van der Waals surface area contributed by atoms with Gasteiger partial charge >= 0.3 is 0 Å². The Bertz CT molecular complexity index is 685. The summed E-state index contributed by atoms with van der Waals surface area (Å²) in [5.41, 5.74) is 1.07. The van der Waals surface area contributed by atoms with Crippen molar-refractivity contribution < 1.29 is 0 Å². The normalized spacial score (nSPS) is 16.7. The molecule has 6 heteroatoms. The maximum Gasteiger partial charge on any atom is 0.192 e. The van der Waals surface area contributed by atoms with Gasteiger partial charge in [0.1, 0.15) is 0 Å². The Morgan fingerprint density at radius 2 is 2.00 bits per heavy atom. The predicted octanol–water partition coefficient (Wildman–Crippen LogP) is 4.63. The van der Waals surface area contributed by atoms with E-state index in [-0.39, 0.29) is 0 Å². The minimum Gasteiger partial charge on any atom is -0.299 e. The fourth-order valence-electron chi connectivity index (χ4n) is 3.23. The molecule has 2 aromatic rings. The Morgan fingerprint density at radius 1 is 1.25 bits per heavy atom. The molecule has 0 aliphatic heterocycles. The number of nitriles is 1. The number of pyridine rings is 1. The van der Waals surface area contributed by atoms with Crippen molar-refractivity contribution in [2.45, 2.75) is 68.3 Å². The van der Waals surface area contributed by atoms with Crippen molar-refractivity contribution in [1.82, 2.24) is 19.7 Å². The summed E-state index contributed by atoms with van der Waals surface area (Å²) in [6.07, 6.45) is 11.3. The van der Waals surface area contributed by atoms with Gasteiger partial charge in [-0.1, -0.05) is 37.9 Å². The number of nitrogens with zero attached hydrogens (tertiary/aromatic N) is 5. The molecule has 126 valence electrons. The maximum atomic E-state index is 8.79. The van der Waals surface area contributed by atoms with Gasteiger partial charge in [0.05, 0.1) is 6.07 Å². The van der Waals surface area contributed by atoms with Crippen LogP contribution in [-0.2, 0) is 0 Å². The fourth-order valence-corrected chi connectivity index (χ4v) is 4.26. The first kappa shape index (κ1) is 17.0. The van der Waals surface area contributed by atoms with Crippen molar-refractivity contribution in [2.75, 3.05) is 0 Å². The third-order valence-electron chi connectivity index (χ3n) is 4.51. The minimum atomic E-state index is 0.362. The van der Waals surface area contributed by atoms with E-state index in [4.69, 9.17) is 5.26 Å². The smallest absolute Gasteiger partial charge is 0.192 e. The van der Waals surface area contributed by atoms with Gasteiger partial charge in [-0.3, -0.25) is 9.55 Å². The van der Waals surface area contributed by atoms with Crippen LogP contribution in [0.25, 0.3) is 11.4 Å². The molecule has 1 aliphatic carbocycles. The number of rotatable bonds is 6. The fraction of sp³-hybridized carbons (Fsp3) is 0.556. The molecule has 5 nitrogen and oxygen atoms in total. The summed E-state index contributed by atoms with van der Waals surface area (Å²) in [4.78, 5) is 4.11. The van der Waals surface area contributed by atoms with E-state index in [1.54, 1.807) is 24.2 Å². The molecule has 0 radical (unpaired) electrons. The number of hydrogen-bond acceptors (Lipinski definition) is 5. The summed E-state index contributed by atoms with van der Waals surface area (Å²) in [6, 6.07) is 6.70. The van der Waals surface area contributed by atoms with Crippen LogP contribution < -0.4 is 0 Å². The second-order valence-electron chi connectivity index (χ2n) is 6.33. The van der Waals surface area contributed by atoms with Crippen LogP contribution in [0.5, 0.6) is 0 Å². The lowest BCUT2D eigenvalue weighted by Crippen LogP contribution is -2.15. The average molecular weight is 341 g/mol. The molecule has 0 saturated heterocycles. The van der Waals surface area contributed by atoms with Crippen molar-refractivity contribution in [3.05, 3.63) is 24.5 Å². The van der Waals surface area contributed by atoms with E-state index in [0.29, 0.717) is 17.7 Å². The van der Waals surface area contributed by atoms with Crippen LogP contribution in [0.4, 0.5) is 0 Å². The molecule has 0 aromatic carbocycles. The van der Waals surface area contributed by atoms with E-state index in [2.05, 4.69) is 32.7 Å². The van der Waals surface area contributed by atoms with E-state index < -0.39 is 0 Å². The molecule has 3 rings (SSSR count). The second kappa shape index (κ2) is 8.29. The molecular weight excluding hydrogens is 318 g/mol. The zero-order chi connectivity index (χ0) is 16.8. The number of thioether (sulfide) groups is 1. The minimum absolute atomic E-state index is 0.362.